The van der Waals surface area contributed by atoms with Crippen LogP contribution in [0.25, 0.3) is 0 Å². The standard InChI is InChI=1S/C19H28O3/c1-2-3-10-15-22-18(20)17(16-11-6-4-7-12-16)19(21)13-8-5-9-14-19/h4,6-7,11-12,17,21H,2-3,5,8-10,13-15H2,1H3. The molecular weight excluding hydrogens is 276 g/mol. The fourth-order valence-corrected chi connectivity index (χ4v) is 3.37. The second-order valence-electron chi connectivity index (χ2n) is 6.38. The van der Waals surface area contributed by atoms with Gasteiger partial charge in [-0.15, -0.1) is 0 Å². The van der Waals surface area contributed by atoms with Crippen LogP contribution in [0.4, 0.5) is 0 Å². The fourth-order valence-electron chi connectivity index (χ4n) is 3.37. The third-order valence-corrected chi connectivity index (χ3v) is 4.62. The lowest BCUT2D eigenvalue weighted by atomic mass is 9.73. The van der Waals surface area contributed by atoms with Crippen LogP contribution in [0.2, 0.25) is 0 Å². The third-order valence-electron chi connectivity index (χ3n) is 4.62. The van der Waals surface area contributed by atoms with Crippen LogP contribution in [0.15, 0.2) is 30.3 Å². The molecule has 0 bridgehead atoms. The second kappa shape index (κ2) is 8.33. The maximum atomic E-state index is 12.6. The molecule has 1 unspecified atom stereocenters. The molecule has 1 aromatic carbocycles. The monoisotopic (exact) mass is 304 g/mol. The average molecular weight is 304 g/mol. The molecule has 0 radical (unpaired) electrons. The van der Waals surface area contributed by atoms with Crippen molar-refractivity contribution < 1.29 is 14.6 Å². The topological polar surface area (TPSA) is 46.5 Å². The maximum Gasteiger partial charge on any atom is 0.316 e. The van der Waals surface area contributed by atoms with Crippen LogP contribution in [0.5, 0.6) is 0 Å². The zero-order chi connectivity index (χ0) is 15.8. The van der Waals surface area contributed by atoms with Crippen molar-refractivity contribution in [1.29, 1.82) is 0 Å². The van der Waals surface area contributed by atoms with Crippen molar-refractivity contribution in [2.75, 3.05) is 6.61 Å². The molecular formula is C19H28O3. The van der Waals surface area contributed by atoms with E-state index in [4.69, 9.17) is 4.74 Å². The summed E-state index contributed by atoms with van der Waals surface area (Å²) in [6, 6.07) is 9.60. The van der Waals surface area contributed by atoms with E-state index in [0.717, 1.165) is 44.1 Å². The molecule has 1 atom stereocenters. The first-order chi connectivity index (χ1) is 10.7. The van der Waals surface area contributed by atoms with E-state index in [1.54, 1.807) is 0 Å². The van der Waals surface area contributed by atoms with Crippen molar-refractivity contribution in [1.82, 2.24) is 0 Å². The van der Waals surface area contributed by atoms with E-state index in [1.807, 2.05) is 30.3 Å². The van der Waals surface area contributed by atoms with Gasteiger partial charge in [0, 0.05) is 0 Å². The smallest absolute Gasteiger partial charge is 0.316 e. The average Bonchev–Trinajstić information content (AvgIpc) is 2.53. The van der Waals surface area contributed by atoms with Crippen LogP contribution in [-0.4, -0.2) is 23.3 Å². The van der Waals surface area contributed by atoms with Gasteiger partial charge in [0.15, 0.2) is 0 Å². The maximum absolute atomic E-state index is 12.6. The van der Waals surface area contributed by atoms with Crippen molar-refractivity contribution in [2.24, 2.45) is 0 Å². The Bertz CT molecular complexity index is 449. The lowest BCUT2D eigenvalue weighted by molar-refractivity contribution is -0.154. The van der Waals surface area contributed by atoms with Crippen LogP contribution in [0.1, 0.15) is 69.8 Å². The van der Waals surface area contributed by atoms with E-state index in [2.05, 4.69) is 6.92 Å². The van der Waals surface area contributed by atoms with Crippen molar-refractivity contribution in [2.45, 2.75) is 69.8 Å². The summed E-state index contributed by atoms with van der Waals surface area (Å²) < 4.78 is 5.48. The van der Waals surface area contributed by atoms with E-state index in [9.17, 15) is 9.90 Å². The molecule has 1 saturated carbocycles. The van der Waals surface area contributed by atoms with E-state index < -0.39 is 11.5 Å². The minimum Gasteiger partial charge on any atom is -0.465 e. The Morgan fingerprint density at radius 3 is 2.50 bits per heavy atom. The number of aliphatic hydroxyl groups is 1. The molecule has 0 spiro atoms. The molecule has 0 aromatic heterocycles. The van der Waals surface area contributed by atoms with Gasteiger partial charge >= 0.3 is 5.97 Å². The first-order valence-corrected chi connectivity index (χ1v) is 8.61. The Morgan fingerprint density at radius 2 is 1.86 bits per heavy atom. The first kappa shape index (κ1) is 17.0. The molecule has 3 nitrogen and oxygen atoms in total. The predicted octanol–water partition coefficient (Wildman–Crippen LogP) is 4.20. The molecule has 1 aliphatic rings. The van der Waals surface area contributed by atoms with Crippen molar-refractivity contribution in [3.05, 3.63) is 35.9 Å². The molecule has 1 N–H and O–H groups in total. The van der Waals surface area contributed by atoms with E-state index in [0.29, 0.717) is 19.4 Å². The highest BCUT2D eigenvalue weighted by Crippen LogP contribution is 2.40. The molecule has 1 aliphatic carbocycles. The molecule has 22 heavy (non-hydrogen) atoms. The van der Waals surface area contributed by atoms with Gasteiger partial charge in [0.2, 0.25) is 0 Å². The van der Waals surface area contributed by atoms with E-state index >= 15 is 0 Å². The summed E-state index contributed by atoms with van der Waals surface area (Å²) in [6.45, 7) is 2.57. The largest absolute Gasteiger partial charge is 0.465 e. The minimum absolute atomic E-state index is 0.272. The quantitative estimate of drug-likeness (QED) is 0.606. The molecule has 0 heterocycles. The Kier molecular flexibility index (Phi) is 6.44. The minimum atomic E-state index is -0.957. The van der Waals surface area contributed by atoms with Crippen LogP contribution < -0.4 is 0 Å². The number of carbonyl (C=O) groups excluding carboxylic acids is 1. The summed E-state index contributed by atoms with van der Waals surface area (Å²) in [5.41, 5.74) is -0.0889. The number of esters is 1. The van der Waals surface area contributed by atoms with Gasteiger partial charge in [-0.3, -0.25) is 4.79 Å². The Labute approximate surface area is 133 Å². The van der Waals surface area contributed by atoms with Crippen molar-refractivity contribution in [3.63, 3.8) is 0 Å². The zero-order valence-electron chi connectivity index (χ0n) is 13.6. The van der Waals surface area contributed by atoms with Gasteiger partial charge in [-0.2, -0.15) is 0 Å². The van der Waals surface area contributed by atoms with Gasteiger partial charge in [0.25, 0.3) is 0 Å². The number of unbranched alkanes of at least 4 members (excludes halogenated alkanes) is 2. The van der Waals surface area contributed by atoms with Crippen LogP contribution in [0.3, 0.4) is 0 Å². The Hall–Kier alpha value is -1.35. The Morgan fingerprint density at radius 1 is 1.18 bits per heavy atom. The molecule has 0 amide bonds. The van der Waals surface area contributed by atoms with Crippen molar-refractivity contribution in [3.8, 4) is 0 Å². The summed E-state index contributed by atoms with van der Waals surface area (Å²) in [5.74, 6) is -0.831. The van der Waals surface area contributed by atoms with E-state index in [-0.39, 0.29) is 5.97 Å². The number of rotatable bonds is 7. The van der Waals surface area contributed by atoms with E-state index in [1.165, 1.54) is 0 Å². The second-order valence-corrected chi connectivity index (χ2v) is 6.38. The number of ether oxygens (including phenoxy) is 1. The Balaban J connectivity index is 2.13. The molecule has 2 rings (SSSR count). The van der Waals surface area contributed by atoms with Gasteiger partial charge in [-0.1, -0.05) is 69.4 Å². The van der Waals surface area contributed by atoms with Crippen LogP contribution in [-0.2, 0) is 9.53 Å². The lowest BCUT2D eigenvalue weighted by Crippen LogP contribution is -2.43. The van der Waals surface area contributed by atoms with Gasteiger partial charge in [0.1, 0.15) is 5.92 Å². The third kappa shape index (κ3) is 4.33. The SMILES string of the molecule is CCCCCOC(=O)C(c1ccccc1)C1(O)CCCCC1. The highest BCUT2D eigenvalue weighted by atomic mass is 16.5. The van der Waals surface area contributed by atoms with Crippen molar-refractivity contribution >= 4 is 5.97 Å². The summed E-state index contributed by atoms with van der Waals surface area (Å²) in [5, 5.41) is 11.1. The predicted molar refractivity (Wildman–Crippen MR) is 87.7 cm³/mol. The molecule has 1 fully saturated rings. The lowest BCUT2D eigenvalue weighted by Gasteiger charge is -2.38. The number of hydrogen-bond donors (Lipinski definition) is 1. The van der Waals surface area contributed by atoms with Gasteiger partial charge < -0.3 is 9.84 Å². The van der Waals surface area contributed by atoms with Gasteiger partial charge in [-0.25, -0.2) is 0 Å². The first-order valence-electron chi connectivity index (χ1n) is 8.61. The summed E-state index contributed by atoms with van der Waals surface area (Å²) in [6.07, 6.45) is 7.49. The highest BCUT2D eigenvalue weighted by molar-refractivity contribution is 5.79. The molecule has 122 valence electrons. The normalized spacial score (nSPS) is 18.6. The van der Waals surface area contributed by atoms with Gasteiger partial charge in [0.05, 0.1) is 12.2 Å². The molecule has 1 aromatic rings. The van der Waals surface area contributed by atoms with Crippen LogP contribution in [0, 0.1) is 0 Å². The molecule has 0 aliphatic heterocycles. The van der Waals surface area contributed by atoms with Gasteiger partial charge in [-0.05, 0) is 24.8 Å². The molecule has 0 saturated heterocycles. The summed E-state index contributed by atoms with van der Waals surface area (Å²) in [4.78, 5) is 12.6. The van der Waals surface area contributed by atoms with Crippen LogP contribution >= 0.6 is 0 Å². The fraction of sp³-hybridized carbons (Fsp3) is 0.632. The zero-order valence-corrected chi connectivity index (χ0v) is 13.6. The highest BCUT2D eigenvalue weighted by Gasteiger charge is 2.43. The molecule has 3 heteroatoms. The summed E-state index contributed by atoms with van der Waals surface area (Å²) in [7, 11) is 0. The number of benzene rings is 1. The number of carbonyl (C=O) groups is 1. The summed E-state index contributed by atoms with van der Waals surface area (Å²) >= 11 is 0. The number of hydrogen-bond acceptors (Lipinski definition) is 3.